The van der Waals surface area contributed by atoms with Crippen molar-refractivity contribution in [3.8, 4) is 5.75 Å². The van der Waals surface area contributed by atoms with E-state index in [2.05, 4.69) is 143 Å². The molecule has 3 aliphatic rings. The molecule has 0 aliphatic carbocycles. The van der Waals surface area contributed by atoms with Crippen molar-refractivity contribution >= 4 is 56.4 Å². The standard InChI is InChI=1S/C46H47N3O5/c1-45(2)38(47-36-25-22-31-16-13-14-17-34(31)43(36)45)18-10-7-6-8-11-19-39-46(3,4)44-35-30-33(24-21-32(35)23-26-37(44)48(39)5)53-29-15-9-12-20-42(52)54-49-40(50)27-28-41(49)51/h6-8,10-11,13-14,16-19,21-26,30H,9,12,15,20,27-29H2,1-5H3/b7-6+,11-8+,18-10+,39-19+. The number of aliphatic imine (C=N–C) groups is 1. The second kappa shape index (κ2) is 14.9. The number of carbonyl (C=O) groups is 3. The Morgan fingerprint density at radius 1 is 0.778 bits per heavy atom. The molecule has 4 aromatic carbocycles. The van der Waals surface area contributed by atoms with E-state index in [1.807, 2.05) is 6.07 Å². The van der Waals surface area contributed by atoms with Crippen LogP contribution in [-0.2, 0) is 30.1 Å². The monoisotopic (exact) mass is 721 g/mol. The van der Waals surface area contributed by atoms with E-state index in [1.165, 1.54) is 38.7 Å². The van der Waals surface area contributed by atoms with Gasteiger partial charge in [0.2, 0.25) is 0 Å². The number of rotatable bonds is 12. The largest absolute Gasteiger partial charge is 0.494 e. The van der Waals surface area contributed by atoms with Crippen molar-refractivity contribution in [3.05, 3.63) is 126 Å². The summed E-state index contributed by atoms with van der Waals surface area (Å²) in [6, 6.07) is 23.4. The fourth-order valence-electron chi connectivity index (χ4n) is 7.99. The van der Waals surface area contributed by atoms with Gasteiger partial charge in [0, 0.05) is 48.5 Å². The molecule has 7 rings (SSSR count). The lowest BCUT2D eigenvalue weighted by molar-refractivity contribution is -0.197. The van der Waals surface area contributed by atoms with Gasteiger partial charge >= 0.3 is 5.97 Å². The zero-order valence-electron chi connectivity index (χ0n) is 31.7. The molecule has 0 saturated carbocycles. The van der Waals surface area contributed by atoms with E-state index in [0.717, 1.165) is 35.4 Å². The number of likely N-dealkylation sites (N-methyl/N-ethyl adjacent to an activating group) is 1. The minimum atomic E-state index is -0.566. The number of ether oxygens (including phenoxy) is 1. The summed E-state index contributed by atoms with van der Waals surface area (Å²) in [5, 5.41) is 5.44. The highest BCUT2D eigenvalue weighted by atomic mass is 16.7. The van der Waals surface area contributed by atoms with Crippen LogP contribution in [0.4, 0.5) is 11.4 Å². The molecule has 8 heteroatoms. The van der Waals surface area contributed by atoms with Crippen LogP contribution < -0.4 is 9.64 Å². The Bertz CT molecular complexity index is 2290. The molecule has 3 heterocycles. The molecular formula is C46H47N3O5. The fourth-order valence-corrected chi connectivity index (χ4v) is 7.99. The van der Waals surface area contributed by atoms with E-state index < -0.39 is 17.8 Å². The molecule has 0 bridgehead atoms. The first-order valence-electron chi connectivity index (χ1n) is 18.8. The molecule has 54 heavy (non-hydrogen) atoms. The van der Waals surface area contributed by atoms with Crippen molar-refractivity contribution in [2.24, 2.45) is 4.99 Å². The average molecular weight is 722 g/mol. The van der Waals surface area contributed by atoms with E-state index in [-0.39, 0.29) is 30.1 Å². The lowest BCUT2D eigenvalue weighted by atomic mass is 9.79. The van der Waals surface area contributed by atoms with Crippen LogP contribution in [0.5, 0.6) is 5.75 Å². The Morgan fingerprint density at radius 2 is 1.48 bits per heavy atom. The molecule has 8 nitrogen and oxygen atoms in total. The average Bonchev–Trinajstić information content (AvgIpc) is 3.69. The third-order valence-electron chi connectivity index (χ3n) is 10.8. The van der Waals surface area contributed by atoms with Crippen LogP contribution in [0.3, 0.4) is 0 Å². The highest BCUT2D eigenvalue weighted by molar-refractivity contribution is 6.12. The summed E-state index contributed by atoms with van der Waals surface area (Å²) in [6.07, 6.45) is 17.1. The van der Waals surface area contributed by atoms with E-state index in [1.54, 1.807) is 0 Å². The topological polar surface area (TPSA) is 88.5 Å². The van der Waals surface area contributed by atoms with Gasteiger partial charge in [-0.2, -0.15) is 0 Å². The third-order valence-corrected chi connectivity index (χ3v) is 10.8. The van der Waals surface area contributed by atoms with Crippen molar-refractivity contribution in [2.45, 2.75) is 77.0 Å². The van der Waals surface area contributed by atoms with Crippen LogP contribution in [0.25, 0.3) is 21.5 Å². The van der Waals surface area contributed by atoms with Crippen molar-refractivity contribution in [3.63, 3.8) is 0 Å². The predicted octanol–water partition coefficient (Wildman–Crippen LogP) is 9.88. The van der Waals surface area contributed by atoms with E-state index in [0.29, 0.717) is 18.1 Å². The van der Waals surface area contributed by atoms with Crippen LogP contribution in [0, 0.1) is 0 Å². The first-order valence-corrected chi connectivity index (χ1v) is 18.8. The number of hydrogen-bond donors (Lipinski definition) is 0. The maximum atomic E-state index is 12.1. The number of hydroxylamine groups is 2. The molecule has 0 atom stereocenters. The van der Waals surface area contributed by atoms with Gasteiger partial charge in [-0.05, 0) is 88.4 Å². The highest BCUT2D eigenvalue weighted by Crippen LogP contribution is 2.50. The van der Waals surface area contributed by atoms with E-state index >= 15 is 0 Å². The number of imide groups is 1. The number of unbranched alkanes of at least 4 members (excludes halogenated alkanes) is 2. The molecule has 4 aromatic rings. The van der Waals surface area contributed by atoms with Gasteiger partial charge in [-0.15, -0.1) is 5.06 Å². The summed E-state index contributed by atoms with van der Waals surface area (Å²) in [4.78, 5) is 47.6. The summed E-state index contributed by atoms with van der Waals surface area (Å²) < 4.78 is 6.15. The number of amides is 2. The lowest BCUT2D eigenvalue weighted by Crippen LogP contribution is -2.31. The van der Waals surface area contributed by atoms with Crippen LogP contribution >= 0.6 is 0 Å². The maximum absolute atomic E-state index is 12.1. The summed E-state index contributed by atoms with van der Waals surface area (Å²) >= 11 is 0. The van der Waals surface area contributed by atoms with Crippen LogP contribution in [-0.4, -0.2) is 42.2 Å². The molecule has 2 amide bonds. The Balaban J connectivity index is 0.950. The lowest BCUT2D eigenvalue weighted by Gasteiger charge is -2.24. The van der Waals surface area contributed by atoms with Crippen molar-refractivity contribution in [1.29, 1.82) is 0 Å². The quantitative estimate of drug-likeness (QED) is 0.0822. The molecule has 0 spiro atoms. The zero-order chi connectivity index (χ0) is 38.0. The Hall–Kier alpha value is -5.76. The first-order chi connectivity index (χ1) is 26.0. The summed E-state index contributed by atoms with van der Waals surface area (Å²) in [5.74, 6) is -0.686. The highest BCUT2D eigenvalue weighted by Gasteiger charge is 2.40. The zero-order valence-corrected chi connectivity index (χ0v) is 31.7. The van der Waals surface area contributed by atoms with Gasteiger partial charge in [0.05, 0.1) is 18.0 Å². The molecule has 0 N–H and O–H groups in total. The van der Waals surface area contributed by atoms with Gasteiger partial charge in [-0.25, -0.2) is 4.79 Å². The number of benzene rings is 4. The summed E-state index contributed by atoms with van der Waals surface area (Å²) in [6.45, 7) is 9.55. The number of allylic oxidation sites excluding steroid dienone is 8. The van der Waals surface area contributed by atoms with E-state index in [9.17, 15) is 14.4 Å². The summed E-state index contributed by atoms with van der Waals surface area (Å²) in [7, 11) is 2.12. The van der Waals surface area contributed by atoms with Gasteiger partial charge in [-0.1, -0.05) is 101 Å². The smallest absolute Gasteiger partial charge is 0.333 e. The maximum Gasteiger partial charge on any atom is 0.333 e. The van der Waals surface area contributed by atoms with Gasteiger partial charge in [0.15, 0.2) is 0 Å². The molecule has 1 saturated heterocycles. The van der Waals surface area contributed by atoms with Crippen molar-refractivity contribution in [2.75, 3.05) is 18.6 Å². The van der Waals surface area contributed by atoms with Crippen molar-refractivity contribution < 1.29 is 24.0 Å². The second-order valence-electron chi connectivity index (χ2n) is 15.2. The molecule has 3 aliphatic heterocycles. The molecular weight excluding hydrogens is 675 g/mol. The van der Waals surface area contributed by atoms with Crippen LogP contribution in [0.15, 0.2) is 120 Å². The Kier molecular flexibility index (Phi) is 10.1. The normalized spacial score (nSPS) is 18.2. The molecule has 276 valence electrons. The first kappa shape index (κ1) is 36.6. The molecule has 0 unspecified atom stereocenters. The number of carbonyl (C=O) groups excluding carboxylic acids is 3. The fraction of sp³-hybridized carbons (Fsp3) is 0.304. The van der Waals surface area contributed by atoms with Crippen LogP contribution in [0.1, 0.15) is 77.3 Å². The third kappa shape index (κ3) is 7.00. The molecule has 1 fully saturated rings. The van der Waals surface area contributed by atoms with Gasteiger partial charge < -0.3 is 14.5 Å². The Morgan fingerprint density at radius 3 is 2.30 bits per heavy atom. The van der Waals surface area contributed by atoms with Gasteiger partial charge in [-0.3, -0.25) is 14.6 Å². The number of anilines is 1. The van der Waals surface area contributed by atoms with E-state index in [4.69, 9.17) is 14.6 Å². The van der Waals surface area contributed by atoms with Gasteiger partial charge in [0.25, 0.3) is 11.8 Å². The summed E-state index contributed by atoms with van der Waals surface area (Å²) in [5.41, 5.74) is 6.66. The van der Waals surface area contributed by atoms with Gasteiger partial charge in [0.1, 0.15) is 5.75 Å². The molecule has 0 radical (unpaired) electrons. The minimum absolute atomic E-state index is 0.0898. The number of fused-ring (bicyclic) bond motifs is 6. The number of nitrogens with zero attached hydrogens (tertiary/aromatic N) is 3. The Labute approximate surface area is 317 Å². The predicted molar refractivity (Wildman–Crippen MR) is 216 cm³/mol. The minimum Gasteiger partial charge on any atom is -0.494 e. The van der Waals surface area contributed by atoms with Crippen LogP contribution in [0.2, 0.25) is 0 Å². The molecule has 0 aromatic heterocycles. The SMILES string of the molecule is CN1/C(=C/C=C/C=C/C=C/C2=Nc3ccc4ccccc4c3C2(C)C)C(C)(C)c2c1ccc1ccc(OCCCCCC(=O)ON3C(=O)CCC3=O)cc21. The second-order valence-corrected chi connectivity index (χ2v) is 15.2. The number of hydrogen-bond acceptors (Lipinski definition) is 7. The van der Waals surface area contributed by atoms with Crippen molar-refractivity contribution in [1.82, 2.24) is 5.06 Å².